The monoisotopic (exact) mass is 261 g/mol. The van der Waals surface area contributed by atoms with Gasteiger partial charge in [0.25, 0.3) is 0 Å². The van der Waals surface area contributed by atoms with Gasteiger partial charge >= 0.3 is 0 Å². The fraction of sp³-hybridized carbons (Fsp3) is 0.357. The first-order valence-corrected chi connectivity index (χ1v) is 6.92. The maximum atomic E-state index is 5.69. The molecule has 0 bridgehead atoms. The summed E-state index contributed by atoms with van der Waals surface area (Å²) >= 11 is 1.68. The van der Waals surface area contributed by atoms with E-state index in [2.05, 4.69) is 47.8 Å². The van der Waals surface area contributed by atoms with Crippen molar-refractivity contribution in [3.8, 4) is 0 Å². The predicted octanol–water partition coefficient (Wildman–Crippen LogP) is 2.82. The molecular formula is C14H19N3S. The lowest BCUT2D eigenvalue weighted by Crippen LogP contribution is -2.29. The third kappa shape index (κ3) is 3.16. The predicted molar refractivity (Wildman–Crippen MR) is 76.5 cm³/mol. The summed E-state index contributed by atoms with van der Waals surface area (Å²) in [4.78, 5) is 4.49. The number of rotatable bonds is 4. The molecule has 18 heavy (non-hydrogen) atoms. The summed E-state index contributed by atoms with van der Waals surface area (Å²) in [6.45, 7) is 6.24. The molecular weight excluding hydrogens is 242 g/mol. The van der Waals surface area contributed by atoms with E-state index in [0.29, 0.717) is 0 Å². The van der Waals surface area contributed by atoms with Crippen LogP contribution < -0.4 is 11.3 Å². The number of nitrogens with two attached hydrogens (primary N) is 1. The molecule has 1 unspecified atom stereocenters. The average molecular weight is 261 g/mol. The molecule has 0 aliphatic rings. The number of nitrogens with zero attached hydrogens (tertiary/aromatic N) is 1. The highest BCUT2D eigenvalue weighted by atomic mass is 32.1. The highest BCUT2D eigenvalue weighted by molar-refractivity contribution is 7.09. The van der Waals surface area contributed by atoms with Crippen LogP contribution in [0.2, 0.25) is 0 Å². The topological polar surface area (TPSA) is 50.9 Å². The number of thiazole rings is 1. The molecule has 4 heteroatoms. The van der Waals surface area contributed by atoms with E-state index in [1.807, 2.05) is 6.92 Å². The van der Waals surface area contributed by atoms with Crippen LogP contribution in [0, 0.1) is 20.8 Å². The molecule has 0 saturated carbocycles. The molecule has 2 aromatic rings. The van der Waals surface area contributed by atoms with Gasteiger partial charge in [-0.25, -0.2) is 4.98 Å². The second-order valence-corrected chi connectivity index (χ2v) is 5.76. The molecule has 0 aliphatic heterocycles. The Bertz CT molecular complexity index is 513. The van der Waals surface area contributed by atoms with Crippen molar-refractivity contribution in [2.45, 2.75) is 33.2 Å². The minimum Gasteiger partial charge on any atom is -0.271 e. The second-order valence-electron chi connectivity index (χ2n) is 4.70. The molecule has 0 radical (unpaired) electrons. The Morgan fingerprint density at radius 1 is 1.22 bits per heavy atom. The van der Waals surface area contributed by atoms with Crippen LogP contribution in [0.1, 0.15) is 33.4 Å². The smallest absolute Gasteiger partial charge is 0.0897 e. The van der Waals surface area contributed by atoms with Gasteiger partial charge in [-0.2, -0.15) is 0 Å². The number of aryl methyl sites for hydroxylation is 3. The third-order valence-corrected chi connectivity index (χ3v) is 3.75. The first-order valence-electron chi connectivity index (χ1n) is 6.04. The van der Waals surface area contributed by atoms with Gasteiger partial charge < -0.3 is 0 Å². The fourth-order valence-corrected chi connectivity index (χ4v) is 2.82. The second kappa shape index (κ2) is 5.61. The summed E-state index contributed by atoms with van der Waals surface area (Å²) in [7, 11) is 0. The molecule has 1 atom stereocenters. The molecule has 96 valence electrons. The van der Waals surface area contributed by atoms with Crippen molar-refractivity contribution in [2.24, 2.45) is 5.84 Å². The van der Waals surface area contributed by atoms with Crippen LogP contribution >= 0.6 is 11.3 Å². The minimum absolute atomic E-state index is 0.116. The van der Waals surface area contributed by atoms with E-state index in [1.165, 1.54) is 16.7 Å². The molecule has 1 heterocycles. The van der Waals surface area contributed by atoms with Gasteiger partial charge in [0.2, 0.25) is 0 Å². The van der Waals surface area contributed by atoms with Crippen molar-refractivity contribution in [2.75, 3.05) is 0 Å². The third-order valence-electron chi connectivity index (χ3n) is 2.93. The van der Waals surface area contributed by atoms with Gasteiger partial charge in [0.15, 0.2) is 0 Å². The van der Waals surface area contributed by atoms with Gasteiger partial charge in [-0.3, -0.25) is 11.3 Å². The molecule has 0 aliphatic carbocycles. The zero-order valence-electron chi connectivity index (χ0n) is 11.0. The largest absolute Gasteiger partial charge is 0.271 e. The molecule has 1 aromatic carbocycles. The Labute approximate surface area is 112 Å². The number of nitrogens with one attached hydrogen (secondary N) is 1. The van der Waals surface area contributed by atoms with Gasteiger partial charge in [-0.05, 0) is 26.3 Å². The van der Waals surface area contributed by atoms with Crippen LogP contribution in [0.3, 0.4) is 0 Å². The van der Waals surface area contributed by atoms with Crippen LogP contribution in [-0.2, 0) is 6.42 Å². The summed E-state index contributed by atoms with van der Waals surface area (Å²) in [5.74, 6) is 5.69. The van der Waals surface area contributed by atoms with Crippen LogP contribution in [0.15, 0.2) is 23.6 Å². The van der Waals surface area contributed by atoms with E-state index in [-0.39, 0.29) is 6.04 Å². The van der Waals surface area contributed by atoms with E-state index in [0.717, 1.165) is 17.1 Å². The van der Waals surface area contributed by atoms with Crippen LogP contribution in [0.25, 0.3) is 0 Å². The summed E-state index contributed by atoms with van der Waals surface area (Å²) in [5, 5.41) is 3.20. The van der Waals surface area contributed by atoms with Gasteiger partial charge in [-0.15, -0.1) is 11.3 Å². The summed E-state index contributed by atoms with van der Waals surface area (Å²) in [5.41, 5.74) is 7.74. The standard InChI is InChI=1S/C14H19N3S/c1-9-4-10(2)6-12(5-9)14(17-15)7-13-8-18-11(3)16-13/h4-6,8,14,17H,7,15H2,1-3H3. The zero-order valence-corrected chi connectivity index (χ0v) is 11.8. The first kappa shape index (κ1) is 13.2. The SMILES string of the molecule is Cc1cc(C)cc(C(Cc2csc(C)n2)NN)c1. The Morgan fingerprint density at radius 2 is 1.89 bits per heavy atom. The Morgan fingerprint density at radius 3 is 2.39 bits per heavy atom. The number of benzene rings is 1. The van der Waals surface area contributed by atoms with E-state index < -0.39 is 0 Å². The number of hydrazine groups is 1. The summed E-state index contributed by atoms with van der Waals surface area (Å²) in [6, 6.07) is 6.64. The van der Waals surface area contributed by atoms with E-state index in [9.17, 15) is 0 Å². The van der Waals surface area contributed by atoms with Crippen molar-refractivity contribution < 1.29 is 0 Å². The molecule has 3 N–H and O–H groups in total. The number of hydrogen-bond donors (Lipinski definition) is 2. The first-order chi connectivity index (χ1) is 8.58. The normalized spacial score (nSPS) is 12.7. The average Bonchev–Trinajstić information content (AvgIpc) is 2.70. The molecule has 0 spiro atoms. The molecule has 3 nitrogen and oxygen atoms in total. The number of hydrogen-bond acceptors (Lipinski definition) is 4. The van der Waals surface area contributed by atoms with Crippen molar-refractivity contribution >= 4 is 11.3 Å². The quantitative estimate of drug-likeness (QED) is 0.657. The van der Waals surface area contributed by atoms with Crippen molar-refractivity contribution in [1.82, 2.24) is 10.4 Å². The van der Waals surface area contributed by atoms with Crippen LogP contribution in [0.4, 0.5) is 0 Å². The highest BCUT2D eigenvalue weighted by Gasteiger charge is 2.13. The van der Waals surface area contributed by atoms with Gasteiger partial charge in [-0.1, -0.05) is 29.3 Å². The summed E-state index contributed by atoms with van der Waals surface area (Å²) in [6.07, 6.45) is 0.823. The molecule has 0 fully saturated rings. The van der Waals surface area contributed by atoms with Crippen molar-refractivity contribution in [3.05, 3.63) is 51.0 Å². The molecule has 0 saturated heterocycles. The number of aromatic nitrogens is 1. The molecule has 2 rings (SSSR count). The maximum Gasteiger partial charge on any atom is 0.0897 e. The minimum atomic E-state index is 0.116. The molecule has 0 amide bonds. The maximum absolute atomic E-state index is 5.69. The lowest BCUT2D eigenvalue weighted by atomic mass is 9.99. The van der Waals surface area contributed by atoms with Gasteiger partial charge in [0.05, 0.1) is 16.7 Å². The summed E-state index contributed by atoms with van der Waals surface area (Å²) < 4.78 is 0. The van der Waals surface area contributed by atoms with Crippen LogP contribution in [0.5, 0.6) is 0 Å². The Hall–Kier alpha value is -1.23. The van der Waals surface area contributed by atoms with E-state index in [4.69, 9.17) is 5.84 Å². The fourth-order valence-electron chi connectivity index (χ4n) is 2.20. The molecule has 1 aromatic heterocycles. The van der Waals surface area contributed by atoms with E-state index in [1.54, 1.807) is 11.3 Å². The van der Waals surface area contributed by atoms with Crippen molar-refractivity contribution in [1.29, 1.82) is 0 Å². The zero-order chi connectivity index (χ0) is 13.1. The Kier molecular flexibility index (Phi) is 4.11. The Balaban J connectivity index is 2.22. The highest BCUT2D eigenvalue weighted by Crippen LogP contribution is 2.21. The lowest BCUT2D eigenvalue weighted by Gasteiger charge is -2.16. The van der Waals surface area contributed by atoms with Crippen molar-refractivity contribution in [3.63, 3.8) is 0 Å². The van der Waals surface area contributed by atoms with E-state index >= 15 is 0 Å². The van der Waals surface area contributed by atoms with Crippen LogP contribution in [-0.4, -0.2) is 4.98 Å². The van der Waals surface area contributed by atoms with Gasteiger partial charge in [0, 0.05) is 11.8 Å². The van der Waals surface area contributed by atoms with Gasteiger partial charge in [0.1, 0.15) is 0 Å². The lowest BCUT2D eigenvalue weighted by molar-refractivity contribution is 0.546.